The van der Waals surface area contributed by atoms with Crippen LogP contribution in [0.5, 0.6) is 0 Å². The standard InChI is InChI=1S/C13H11Br2NO2/c1-16(8-9-4-2-3-5-11(9)14)13(17)10-6-7-18-12(10)15/h2-7H,8H2,1H3. The van der Waals surface area contributed by atoms with E-state index in [1.807, 2.05) is 24.3 Å². The number of hydrogen-bond acceptors (Lipinski definition) is 2. The largest absolute Gasteiger partial charge is 0.457 e. The average molecular weight is 373 g/mol. The van der Waals surface area contributed by atoms with E-state index in [2.05, 4.69) is 31.9 Å². The van der Waals surface area contributed by atoms with Gasteiger partial charge in [-0.05, 0) is 33.6 Å². The molecule has 0 aliphatic carbocycles. The van der Waals surface area contributed by atoms with Crippen molar-refractivity contribution in [3.8, 4) is 0 Å². The molecule has 2 aromatic rings. The molecule has 18 heavy (non-hydrogen) atoms. The summed E-state index contributed by atoms with van der Waals surface area (Å²) in [6.45, 7) is 0.540. The highest BCUT2D eigenvalue weighted by molar-refractivity contribution is 9.10. The first kappa shape index (κ1) is 13.4. The van der Waals surface area contributed by atoms with Crippen molar-refractivity contribution in [2.24, 2.45) is 0 Å². The van der Waals surface area contributed by atoms with Gasteiger partial charge in [-0.25, -0.2) is 0 Å². The van der Waals surface area contributed by atoms with Gasteiger partial charge in [0.05, 0.1) is 11.8 Å². The van der Waals surface area contributed by atoms with E-state index in [1.165, 1.54) is 6.26 Å². The maximum atomic E-state index is 12.2. The number of rotatable bonds is 3. The van der Waals surface area contributed by atoms with Crippen molar-refractivity contribution in [2.45, 2.75) is 6.54 Å². The van der Waals surface area contributed by atoms with Gasteiger partial charge < -0.3 is 9.32 Å². The Kier molecular flexibility index (Phi) is 4.24. The van der Waals surface area contributed by atoms with E-state index in [9.17, 15) is 4.79 Å². The second-order valence-corrected chi connectivity index (χ2v) is 5.44. The third-order valence-corrected chi connectivity index (χ3v) is 3.95. The third kappa shape index (κ3) is 2.84. The van der Waals surface area contributed by atoms with Gasteiger partial charge in [0, 0.05) is 18.1 Å². The Hall–Kier alpha value is -1.07. The molecule has 0 aliphatic rings. The van der Waals surface area contributed by atoms with Crippen LogP contribution in [0, 0.1) is 0 Å². The van der Waals surface area contributed by atoms with Crippen molar-refractivity contribution in [3.05, 3.63) is 56.9 Å². The molecule has 0 N–H and O–H groups in total. The van der Waals surface area contributed by atoms with Crippen molar-refractivity contribution < 1.29 is 9.21 Å². The maximum Gasteiger partial charge on any atom is 0.258 e. The van der Waals surface area contributed by atoms with E-state index in [0.29, 0.717) is 16.8 Å². The number of furan rings is 1. The first-order chi connectivity index (χ1) is 8.59. The summed E-state index contributed by atoms with van der Waals surface area (Å²) in [4.78, 5) is 13.8. The third-order valence-electron chi connectivity index (χ3n) is 2.56. The van der Waals surface area contributed by atoms with Crippen LogP contribution in [0.15, 0.2) is 50.2 Å². The smallest absolute Gasteiger partial charge is 0.258 e. The number of amides is 1. The van der Waals surface area contributed by atoms with Crippen molar-refractivity contribution in [3.63, 3.8) is 0 Å². The molecule has 0 saturated carbocycles. The molecule has 0 atom stereocenters. The van der Waals surface area contributed by atoms with Crippen molar-refractivity contribution in [1.29, 1.82) is 0 Å². The average Bonchev–Trinajstić information content (AvgIpc) is 2.77. The first-order valence-electron chi connectivity index (χ1n) is 5.31. The highest BCUT2D eigenvalue weighted by atomic mass is 79.9. The SMILES string of the molecule is CN(Cc1ccccc1Br)C(=O)c1ccoc1Br. The van der Waals surface area contributed by atoms with Gasteiger partial charge in [-0.1, -0.05) is 34.1 Å². The van der Waals surface area contributed by atoms with Gasteiger partial charge in [0.1, 0.15) is 0 Å². The zero-order valence-corrected chi connectivity index (χ0v) is 12.9. The van der Waals surface area contributed by atoms with Crippen LogP contribution >= 0.6 is 31.9 Å². The molecule has 0 radical (unpaired) electrons. The molecule has 0 aliphatic heterocycles. The van der Waals surface area contributed by atoms with Crippen LogP contribution in [-0.2, 0) is 6.54 Å². The number of halogens is 2. The monoisotopic (exact) mass is 371 g/mol. The van der Waals surface area contributed by atoms with Crippen molar-refractivity contribution in [2.75, 3.05) is 7.05 Å². The number of benzene rings is 1. The summed E-state index contributed by atoms with van der Waals surface area (Å²) >= 11 is 6.68. The summed E-state index contributed by atoms with van der Waals surface area (Å²) in [6.07, 6.45) is 1.49. The number of nitrogens with zero attached hydrogens (tertiary/aromatic N) is 1. The molecule has 0 bridgehead atoms. The molecule has 1 aromatic heterocycles. The lowest BCUT2D eigenvalue weighted by Gasteiger charge is -2.17. The minimum absolute atomic E-state index is 0.0774. The number of hydrogen-bond donors (Lipinski definition) is 0. The second-order valence-electron chi connectivity index (χ2n) is 3.86. The molecule has 1 amide bonds. The highest BCUT2D eigenvalue weighted by Gasteiger charge is 2.17. The zero-order valence-electron chi connectivity index (χ0n) is 9.69. The number of carbonyl (C=O) groups is 1. The van der Waals surface area contributed by atoms with Crippen LogP contribution in [0.2, 0.25) is 0 Å². The molecule has 5 heteroatoms. The van der Waals surface area contributed by atoms with Crippen LogP contribution in [0.25, 0.3) is 0 Å². The predicted molar refractivity (Wildman–Crippen MR) is 76.3 cm³/mol. The Morgan fingerprint density at radius 2 is 2.00 bits per heavy atom. The quantitative estimate of drug-likeness (QED) is 0.813. The lowest BCUT2D eigenvalue weighted by atomic mass is 10.2. The minimum atomic E-state index is -0.0774. The second kappa shape index (κ2) is 5.71. The zero-order chi connectivity index (χ0) is 13.1. The van der Waals surface area contributed by atoms with Gasteiger partial charge in [-0.3, -0.25) is 4.79 Å². The molecular weight excluding hydrogens is 362 g/mol. The van der Waals surface area contributed by atoms with E-state index < -0.39 is 0 Å². The molecule has 2 rings (SSSR count). The predicted octanol–water partition coefficient (Wildman–Crippen LogP) is 4.08. The fourth-order valence-electron chi connectivity index (χ4n) is 1.61. The topological polar surface area (TPSA) is 33.5 Å². The van der Waals surface area contributed by atoms with Gasteiger partial charge in [0.15, 0.2) is 4.67 Å². The van der Waals surface area contributed by atoms with Gasteiger partial charge >= 0.3 is 0 Å². The van der Waals surface area contributed by atoms with Gasteiger partial charge in [0.2, 0.25) is 0 Å². The van der Waals surface area contributed by atoms with Crippen LogP contribution < -0.4 is 0 Å². The summed E-state index contributed by atoms with van der Waals surface area (Å²) in [7, 11) is 1.77. The van der Waals surface area contributed by atoms with E-state index in [-0.39, 0.29) is 5.91 Å². The number of carbonyl (C=O) groups excluding carboxylic acids is 1. The molecule has 94 valence electrons. The van der Waals surface area contributed by atoms with Crippen LogP contribution in [0.4, 0.5) is 0 Å². The van der Waals surface area contributed by atoms with E-state index in [1.54, 1.807) is 18.0 Å². The summed E-state index contributed by atoms with van der Waals surface area (Å²) in [5.41, 5.74) is 1.59. The fourth-order valence-corrected chi connectivity index (χ4v) is 2.43. The van der Waals surface area contributed by atoms with Gasteiger partial charge in [-0.2, -0.15) is 0 Å². The summed E-state index contributed by atoms with van der Waals surface area (Å²) in [5.74, 6) is -0.0774. The molecule has 3 nitrogen and oxygen atoms in total. The van der Waals surface area contributed by atoms with Gasteiger partial charge in [-0.15, -0.1) is 0 Å². The van der Waals surface area contributed by atoms with E-state index in [0.717, 1.165) is 10.0 Å². The van der Waals surface area contributed by atoms with Crippen molar-refractivity contribution >= 4 is 37.8 Å². The Morgan fingerprint density at radius 3 is 2.61 bits per heavy atom. The van der Waals surface area contributed by atoms with E-state index in [4.69, 9.17) is 4.42 Å². The fraction of sp³-hybridized carbons (Fsp3) is 0.154. The lowest BCUT2D eigenvalue weighted by Crippen LogP contribution is -2.26. The summed E-state index contributed by atoms with van der Waals surface area (Å²) < 4.78 is 6.53. The Balaban J connectivity index is 2.14. The van der Waals surface area contributed by atoms with Crippen LogP contribution in [-0.4, -0.2) is 17.9 Å². The normalized spacial score (nSPS) is 10.4. The first-order valence-corrected chi connectivity index (χ1v) is 6.90. The molecule has 0 fully saturated rings. The van der Waals surface area contributed by atoms with Crippen molar-refractivity contribution in [1.82, 2.24) is 4.90 Å². The van der Waals surface area contributed by atoms with E-state index >= 15 is 0 Å². The minimum Gasteiger partial charge on any atom is -0.457 e. The molecular formula is C13H11Br2NO2. The molecule has 0 unspecified atom stereocenters. The maximum absolute atomic E-state index is 12.2. The highest BCUT2D eigenvalue weighted by Crippen LogP contribution is 2.21. The summed E-state index contributed by atoms with van der Waals surface area (Å²) in [6, 6.07) is 9.50. The Morgan fingerprint density at radius 1 is 1.28 bits per heavy atom. The molecule has 1 heterocycles. The molecule has 0 spiro atoms. The molecule has 1 aromatic carbocycles. The lowest BCUT2D eigenvalue weighted by molar-refractivity contribution is 0.0783. The summed E-state index contributed by atoms with van der Waals surface area (Å²) in [5, 5.41) is 0. The van der Waals surface area contributed by atoms with Crippen LogP contribution in [0.1, 0.15) is 15.9 Å². The Bertz CT molecular complexity index is 566. The Labute approximate surface area is 122 Å². The van der Waals surface area contributed by atoms with Crippen LogP contribution in [0.3, 0.4) is 0 Å². The van der Waals surface area contributed by atoms with Gasteiger partial charge in [0.25, 0.3) is 5.91 Å². The molecule has 0 saturated heterocycles.